The lowest BCUT2D eigenvalue weighted by Gasteiger charge is -1.93. The number of rotatable bonds is 2. The quantitative estimate of drug-likeness (QED) is 0.316. The SMILES string of the molecule is O=[N+]([O-])[N-][n+]1cn[nH]c1. The minimum Gasteiger partial charge on any atom is -0.264 e. The summed E-state index contributed by atoms with van der Waals surface area (Å²) in [6.07, 6.45) is 2.44. The molecule has 48 valence electrons. The zero-order valence-electron chi connectivity index (χ0n) is 4.26. The fourth-order valence-electron chi connectivity index (χ4n) is 0.352. The van der Waals surface area contributed by atoms with Gasteiger partial charge in [-0.25, -0.2) is 5.10 Å². The van der Waals surface area contributed by atoms with E-state index in [-0.39, 0.29) is 0 Å². The Hall–Kier alpha value is -1.66. The molecule has 1 heterocycles. The predicted octanol–water partition coefficient (Wildman–Crippen LogP) is -0.974. The van der Waals surface area contributed by atoms with E-state index in [9.17, 15) is 10.1 Å². The van der Waals surface area contributed by atoms with Crippen LogP contribution in [-0.2, 0) is 0 Å². The summed E-state index contributed by atoms with van der Waals surface area (Å²) in [6, 6.07) is 0. The van der Waals surface area contributed by atoms with Crippen LogP contribution < -0.4 is 4.68 Å². The Morgan fingerprint density at radius 1 is 1.89 bits per heavy atom. The smallest absolute Gasteiger partial charge is 0.264 e. The minimum atomic E-state index is -0.810. The second kappa shape index (κ2) is 2.07. The van der Waals surface area contributed by atoms with Crippen molar-refractivity contribution in [2.45, 2.75) is 0 Å². The molecule has 0 radical (unpaired) electrons. The minimum absolute atomic E-state index is 0.810. The third-order valence-corrected chi connectivity index (χ3v) is 0.617. The van der Waals surface area contributed by atoms with Gasteiger partial charge < -0.3 is 0 Å². The Labute approximate surface area is 49.4 Å². The van der Waals surface area contributed by atoms with Crippen molar-refractivity contribution in [2.75, 3.05) is 0 Å². The van der Waals surface area contributed by atoms with Gasteiger partial charge in [0.05, 0.1) is 0 Å². The van der Waals surface area contributed by atoms with Crippen molar-refractivity contribution in [1.82, 2.24) is 10.2 Å². The lowest BCUT2D eigenvalue weighted by molar-refractivity contribution is -0.737. The number of aromatic amines is 1. The number of nitrogens with zero attached hydrogens (tertiary/aromatic N) is 4. The van der Waals surface area contributed by atoms with Gasteiger partial charge in [0.2, 0.25) is 0 Å². The summed E-state index contributed by atoms with van der Waals surface area (Å²) in [5, 5.41) is 14.6. The molecule has 1 rings (SSSR count). The number of nitrogens with one attached hydrogen (secondary N) is 1. The summed E-state index contributed by atoms with van der Waals surface area (Å²) in [7, 11) is 0. The van der Waals surface area contributed by atoms with Crippen LogP contribution in [0, 0.1) is 10.1 Å². The molecule has 0 aliphatic heterocycles. The Balaban J connectivity index is 2.58. The van der Waals surface area contributed by atoms with Crippen molar-refractivity contribution in [2.24, 2.45) is 0 Å². The zero-order valence-corrected chi connectivity index (χ0v) is 4.26. The van der Waals surface area contributed by atoms with Gasteiger partial charge in [0, 0.05) is 5.03 Å². The average molecular weight is 129 g/mol. The summed E-state index contributed by atoms with van der Waals surface area (Å²) in [5.74, 6) is 0. The van der Waals surface area contributed by atoms with E-state index in [1.54, 1.807) is 0 Å². The molecule has 0 bridgehead atoms. The van der Waals surface area contributed by atoms with Crippen molar-refractivity contribution in [3.63, 3.8) is 0 Å². The highest BCUT2D eigenvalue weighted by Crippen LogP contribution is 1.75. The maximum atomic E-state index is 9.64. The van der Waals surface area contributed by atoms with E-state index in [4.69, 9.17) is 0 Å². The first-order valence-corrected chi connectivity index (χ1v) is 2.05. The largest absolute Gasteiger partial charge is 0.282 e. The monoisotopic (exact) mass is 129 g/mol. The van der Waals surface area contributed by atoms with Crippen molar-refractivity contribution in [1.29, 1.82) is 0 Å². The van der Waals surface area contributed by atoms with E-state index >= 15 is 0 Å². The van der Waals surface area contributed by atoms with Crippen molar-refractivity contribution in [3.05, 3.63) is 28.3 Å². The van der Waals surface area contributed by atoms with Crippen LogP contribution in [-0.4, -0.2) is 15.2 Å². The number of aromatic nitrogens is 3. The molecule has 1 aromatic heterocycles. The molecule has 0 atom stereocenters. The summed E-state index contributed by atoms with van der Waals surface area (Å²) in [4.78, 5) is 9.64. The molecule has 0 fully saturated rings. The van der Waals surface area contributed by atoms with Crippen molar-refractivity contribution in [3.8, 4) is 0 Å². The molecule has 0 aromatic carbocycles. The molecule has 0 unspecified atom stereocenters. The van der Waals surface area contributed by atoms with Gasteiger partial charge in [-0.05, 0) is 0 Å². The van der Waals surface area contributed by atoms with Gasteiger partial charge >= 0.3 is 0 Å². The Morgan fingerprint density at radius 2 is 2.67 bits per heavy atom. The van der Waals surface area contributed by atoms with Crippen LogP contribution >= 0.6 is 0 Å². The first-order chi connectivity index (χ1) is 4.29. The van der Waals surface area contributed by atoms with Crippen LogP contribution in [0.3, 0.4) is 0 Å². The molecule has 0 saturated heterocycles. The molecule has 1 aromatic rings. The molecular weight excluding hydrogens is 126 g/mol. The second-order valence-corrected chi connectivity index (χ2v) is 1.21. The van der Waals surface area contributed by atoms with Crippen molar-refractivity contribution < 1.29 is 9.71 Å². The Morgan fingerprint density at radius 3 is 3.11 bits per heavy atom. The number of hydrogen-bond donors (Lipinski definition) is 1. The molecule has 7 heteroatoms. The van der Waals surface area contributed by atoms with E-state index in [0.717, 1.165) is 4.68 Å². The molecule has 1 N–H and O–H groups in total. The molecule has 9 heavy (non-hydrogen) atoms. The second-order valence-electron chi connectivity index (χ2n) is 1.21. The summed E-state index contributed by atoms with van der Waals surface area (Å²) in [6.45, 7) is 0. The highest BCUT2D eigenvalue weighted by Gasteiger charge is 1.92. The third kappa shape index (κ3) is 1.37. The standard InChI is InChI=1S/C2H3N5O2/c8-7(9)5-6-1-3-4-2-6/h1-3H. The number of H-pyrrole nitrogens is 1. The van der Waals surface area contributed by atoms with Gasteiger partial charge in [-0.3, -0.25) is 10.1 Å². The van der Waals surface area contributed by atoms with Gasteiger partial charge in [0.15, 0.2) is 0 Å². The van der Waals surface area contributed by atoms with Crippen LogP contribution in [0.2, 0.25) is 0 Å². The van der Waals surface area contributed by atoms with E-state index in [1.165, 1.54) is 12.7 Å². The fourth-order valence-corrected chi connectivity index (χ4v) is 0.352. The summed E-state index contributed by atoms with van der Waals surface area (Å²) in [5.41, 5.74) is 2.86. The van der Waals surface area contributed by atoms with E-state index in [0.29, 0.717) is 0 Å². The van der Waals surface area contributed by atoms with Crippen LogP contribution in [0.15, 0.2) is 12.7 Å². The van der Waals surface area contributed by atoms with Crippen LogP contribution in [0.25, 0.3) is 5.53 Å². The molecule has 0 aliphatic rings. The molecule has 0 spiro atoms. The van der Waals surface area contributed by atoms with Gasteiger partial charge in [-0.1, -0.05) is 5.53 Å². The first kappa shape index (κ1) is 5.48. The third-order valence-electron chi connectivity index (χ3n) is 0.617. The van der Waals surface area contributed by atoms with E-state index < -0.39 is 5.03 Å². The molecule has 0 amide bonds. The van der Waals surface area contributed by atoms with Gasteiger partial charge in [0.25, 0.3) is 12.7 Å². The van der Waals surface area contributed by atoms with Gasteiger partial charge in [-0.2, -0.15) is 4.68 Å². The summed E-state index contributed by atoms with van der Waals surface area (Å²) >= 11 is 0. The van der Waals surface area contributed by atoms with Gasteiger partial charge in [0.1, 0.15) is 0 Å². The predicted molar refractivity (Wildman–Crippen MR) is 24.5 cm³/mol. The van der Waals surface area contributed by atoms with Crippen LogP contribution in [0.1, 0.15) is 0 Å². The van der Waals surface area contributed by atoms with Crippen LogP contribution in [0.4, 0.5) is 0 Å². The normalized spacial score (nSPS) is 8.89. The molecule has 0 aliphatic carbocycles. The van der Waals surface area contributed by atoms with E-state index in [1.807, 2.05) is 0 Å². The fraction of sp³-hybridized carbons (Fsp3) is 0. The molecule has 7 nitrogen and oxygen atoms in total. The van der Waals surface area contributed by atoms with Crippen LogP contribution in [0.5, 0.6) is 0 Å². The van der Waals surface area contributed by atoms with Gasteiger partial charge in [-0.15, -0.1) is 5.10 Å². The number of hydrogen-bond acceptors (Lipinski definition) is 3. The number of nitro groups is 1. The topological polar surface area (TPSA) is 89.8 Å². The maximum Gasteiger partial charge on any atom is 0.282 e. The average Bonchev–Trinajstić information content (AvgIpc) is 2.15. The van der Waals surface area contributed by atoms with E-state index in [2.05, 4.69) is 15.7 Å². The molecule has 0 saturated carbocycles. The Kier molecular flexibility index (Phi) is 1.26. The Bertz CT molecular complexity index is 193. The summed E-state index contributed by atoms with van der Waals surface area (Å²) < 4.78 is 0.958. The highest BCUT2D eigenvalue weighted by atomic mass is 16.7. The van der Waals surface area contributed by atoms with Crippen molar-refractivity contribution >= 4 is 0 Å². The lowest BCUT2D eigenvalue weighted by atomic mass is 11.3. The molecular formula is C2H3N5O2. The zero-order chi connectivity index (χ0) is 6.69. The highest BCUT2D eigenvalue weighted by molar-refractivity contribution is 4.35. The maximum absolute atomic E-state index is 9.64. The first-order valence-electron chi connectivity index (χ1n) is 2.05. The lowest BCUT2D eigenvalue weighted by Crippen LogP contribution is -2.28.